The first-order chi connectivity index (χ1) is 9.13. The van der Waals surface area contributed by atoms with Crippen LogP contribution < -0.4 is 5.32 Å². The van der Waals surface area contributed by atoms with Crippen LogP contribution in [0.2, 0.25) is 0 Å². The molecule has 1 fully saturated rings. The monoisotopic (exact) mass is 301 g/mol. The number of halogens is 1. The van der Waals surface area contributed by atoms with E-state index < -0.39 is 6.04 Å². The van der Waals surface area contributed by atoms with Crippen LogP contribution in [0.4, 0.5) is 0 Å². The molecule has 2 amide bonds. The van der Waals surface area contributed by atoms with Gasteiger partial charge in [0, 0.05) is 32.7 Å². The third-order valence-corrected chi connectivity index (χ3v) is 3.19. The van der Waals surface area contributed by atoms with Gasteiger partial charge in [-0.05, 0) is 6.92 Å². The lowest BCUT2D eigenvalue weighted by molar-refractivity contribution is -0.140. The molecule has 5 nitrogen and oxygen atoms in total. The largest absolute Gasteiger partial charge is 0.340 e. The Morgan fingerprint density at radius 1 is 1.45 bits per heavy atom. The molecular weight excluding hydrogens is 278 g/mol. The van der Waals surface area contributed by atoms with Crippen molar-refractivity contribution >= 4 is 24.2 Å². The fraction of sp³-hybridized carbons (Fsp3) is 0.571. The summed E-state index contributed by atoms with van der Waals surface area (Å²) in [5, 5.41) is 3.11. The molecule has 0 aromatic carbocycles. The molecule has 0 spiro atoms. The first kappa shape index (κ1) is 18.7. The molecular formula is C14H24ClN3O2. The lowest BCUT2D eigenvalue weighted by Gasteiger charge is -2.33. The van der Waals surface area contributed by atoms with E-state index in [1.54, 1.807) is 22.0 Å². The van der Waals surface area contributed by atoms with E-state index in [0.717, 1.165) is 6.54 Å². The second-order valence-electron chi connectivity index (χ2n) is 4.50. The minimum absolute atomic E-state index is 0. The van der Waals surface area contributed by atoms with Gasteiger partial charge in [-0.2, -0.15) is 0 Å². The SMILES string of the molecule is C=CCN(CC=C)C(=O)CC1NCCN(CC)C1=O.Cl. The standard InChI is InChI=1S/C14H23N3O2.ClH/c1-4-8-17(9-5-2)13(18)11-12-14(19)16(6-3)10-7-15-12;/h4-5,12,15H,1-2,6-11H2,3H3;1H. The van der Waals surface area contributed by atoms with Crippen LogP contribution >= 0.6 is 12.4 Å². The van der Waals surface area contributed by atoms with Crippen molar-refractivity contribution in [3.63, 3.8) is 0 Å². The van der Waals surface area contributed by atoms with Crippen LogP contribution in [0.5, 0.6) is 0 Å². The van der Waals surface area contributed by atoms with Crippen LogP contribution in [-0.2, 0) is 9.59 Å². The van der Waals surface area contributed by atoms with Crippen LogP contribution in [0.3, 0.4) is 0 Å². The Balaban J connectivity index is 0.00000361. The maximum atomic E-state index is 12.2. The van der Waals surface area contributed by atoms with Crippen molar-refractivity contribution < 1.29 is 9.59 Å². The molecule has 0 aromatic heterocycles. The molecule has 0 radical (unpaired) electrons. The van der Waals surface area contributed by atoms with Gasteiger partial charge in [0.1, 0.15) is 0 Å². The Labute approximate surface area is 127 Å². The Bertz CT molecular complexity index is 350. The maximum absolute atomic E-state index is 12.2. The number of rotatable bonds is 7. The van der Waals surface area contributed by atoms with E-state index in [1.807, 2.05) is 6.92 Å². The van der Waals surface area contributed by atoms with E-state index in [1.165, 1.54) is 0 Å². The van der Waals surface area contributed by atoms with E-state index in [9.17, 15) is 9.59 Å². The van der Waals surface area contributed by atoms with Crippen LogP contribution in [0.15, 0.2) is 25.3 Å². The molecule has 0 saturated carbocycles. The predicted octanol–water partition coefficient (Wildman–Crippen LogP) is 0.819. The first-order valence-electron chi connectivity index (χ1n) is 6.65. The Morgan fingerprint density at radius 2 is 2.05 bits per heavy atom. The number of nitrogens with zero attached hydrogens (tertiary/aromatic N) is 2. The number of hydrogen-bond donors (Lipinski definition) is 1. The summed E-state index contributed by atoms with van der Waals surface area (Å²) >= 11 is 0. The van der Waals surface area contributed by atoms with Gasteiger partial charge in [0.25, 0.3) is 0 Å². The number of likely N-dealkylation sites (N-methyl/N-ethyl adjacent to an activating group) is 1. The number of hydrogen-bond acceptors (Lipinski definition) is 3. The second-order valence-corrected chi connectivity index (χ2v) is 4.50. The minimum atomic E-state index is -0.404. The number of carbonyl (C=O) groups excluding carboxylic acids is 2. The molecule has 1 N–H and O–H groups in total. The topological polar surface area (TPSA) is 52.7 Å². The van der Waals surface area contributed by atoms with Crippen LogP contribution in [-0.4, -0.2) is 60.4 Å². The van der Waals surface area contributed by atoms with E-state index in [0.29, 0.717) is 26.2 Å². The average Bonchev–Trinajstić information content (AvgIpc) is 2.41. The zero-order valence-electron chi connectivity index (χ0n) is 12.0. The molecule has 0 bridgehead atoms. The average molecular weight is 302 g/mol. The van der Waals surface area contributed by atoms with Crippen molar-refractivity contribution in [2.45, 2.75) is 19.4 Å². The van der Waals surface area contributed by atoms with E-state index in [-0.39, 0.29) is 30.6 Å². The Morgan fingerprint density at radius 3 is 2.55 bits per heavy atom. The Kier molecular flexibility index (Phi) is 8.92. The smallest absolute Gasteiger partial charge is 0.240 e. The van der Waals surface area contributed by atoms with Crippen molar-refractivity contribution in [1.82, 2.24) is 15.1 Å². The number of amides is 2. The van der Waals surface area contributed by atoms with Crippen molar-refractivity contribution in [3.8, 4) is 0 Å². The van der Waals surface area contributed by atoms with Gasteiger partial charge in [0.05, 0.1) is 12.5 Å². The molecule has 1 aliphatic rings. The molecule has 1 atom stereocenters. The lowest BCUT2D eigenvalue weighted by Crippen LogP contribution is -2.56. The van der Waals surface area contributed by atoms with E-state index >= 15 is 0 Å². The fourth-order valence-electron chi connectivity index (χ4n) is 2.16. The molecule has 20 heavy (non-hydrogen) atoms. The summed E-state index contributed by atoms with van der Waals surface area (Å²) in [5.74, 6) is -0.0390. The highest BCUT2D eigenvalue weighted by Gasteiger charge is 2.30. The van der Waals surface area contributed by atoms with Crippen molar-refractivity contribution in [1.29, 1.82) is 0 Å². The molecule has 1 rings (SSSR count). The maximum Gasteiger partial charge on any atom is 0.240 e. The quantitative estimate of drug-likeness (QED) is 0.708. The van der Waals surface area contributed by atoms with Crippen LogP contribution in [0.1, 0.15) is 13.3 Å². The highest BCUT2D eigenvalue weighted by Crippen LogP contribution is 2.07. The van der Waals surface area contributed by atoms with Gasteiger partial charge >= 0.3 is 0 Å². The number of piperazine rings is 1. The van der Waals surface area contributed by atoms with Gasteiger partial charge in [-0.25, -0.2) is 0 Å². The molecule has 1 saturated heterocycles. The third kappa shape index (κ3) is 4.98. The minimum Gasteiger partial charge on any atom is -0.340 e. The molecule has 0 aliphatic carbocycles. The molecule has 114 valence electrons. The van der Waals surface area contributed by atoms with Crippen LogP contribution in [0, 0.1) is 0 Å². The van der Waals surface area contributed by atoms with Gasteiger partial charge in [-0.3, -0.25) is 9.59 Å². The van der Waals surface area contributed by atoms with E-state index in [4.69, 9.17) is 0 Å². The van der Waals surface area contributed by atoms with Crippen LogP contribution in [0.25, 0.3) is 0 Å². The Hall–Kier alpha value is -1.33. The predicted molar refractivity (Wildman–Crippen MR) is 82.9 cm³/mol. The summed E-state index contributed by atoms with van der Waals surface area (Å²) < 4.78 is 0. The molecule has 6 heteroatoms. The lowest BCUT2D eigenvalue weighted by atomic mass is 10.1. The number of nitrogens with one attached hydrogen (secondary N) is 1. The number of carbonyl (C=O) groups is 2. The zero-order valence-corrected chi connectivity index (χ0v) is 12.8. The molecule has 0 aromatic rings. The summed E-state index contributed by atoms with van der Waals surface area (Å²) in [6.07, 6.45) is 3.54. The van der Waals surface area contributed by atoms with Crippen molar-refractivity contribution in [3.05, 3.63) is 25.3 Å². The normalized spacial score (nSPS) is 18.1. The highest BCUT2D eigenvalue weighted by atomic mass is 35.5. The highest BCUT2D eigenvalue weighted by molar-refractivity contribution is 5.89. The van der Waals surface area contributed by atoms with E-state index in [2.05, 4.69) is 18.5 Å². The molecule has 1 heterocycles. The van der Waals surface area contributed by atoms with Gasteiger partial charge < -0.3 is 15.1 Å². The zero-order chi connectivity index (χ0) is 14.3. The fourth-order valence-corrected chi connectivity index (χ4v) is 2.16. The molecule has 1 unspecified atom stereocenters. The molecule has 1 aliphatic heterocycles. The van der Waals surface area contributed by atoms with Gasteiger partial charge in [0.2, 0.25) is 11.8 Å². The second kappa shape index (κ2) is 9.55. The third-order valence-electron chi connectivity index (χ3n) is 3.19. The summed E-state index contributed by atoms with van der Waals surface area (Å²) in [4.78, 5) is 27.7. The van der Waals surface area contributed by atoms with Crippen molar-refractivity contribution in [2.24, 2.45) is 0 Å². The summed E-state index contributed by atoms with van der Waals surface area (Å²) in [5.41, 5.74) is 0. The summed E-state index contributed by atoms with van der Waals surface area (Å²) in [6.45, 7) is 12.3. The van der Waals surface area contributed by atoms with Crippen molar-refractivity contribution in [2.75, 3.05) is 32.7 Å². The van der Waals surface area contributed by atoms with Gasteiger partial charge in [0.15, 0.2) is 0 Å². The summed E-state index contributed by atoms with van der Waals surface area (Å²) in [7, 11) is 0. The first-order valence-corrected chi connectivity index (χ1v) is 6.65. The van der Waals surface area contributed by atoms with Gasteiger partial charge in [-0.1, -0.05) is 12.2 Å². The van der Waals surface area contributed by atoms with Gasteiger partial charge in [-0.15, -0.1) is 25.6 Å². The summed E-state index contributed by atoms with van der Waals surface area (Å²) in [6, 6.07) is -0.404.